The minimum Gasteiger partial charge on any atom is -0.310 e. The smallest absolute Gasteiger partial charge is 0.228 e. The van der Waals surface area contributed by atoms with Gasteiger partial charge in [0.25, 0.3) is 0 Å². The number of halogens is 1. The van der Waals surface area contributed by atoms with Crippen molar-refractivity contribution in [3.05, 3.63) is 60.0 Å². The summed E-state index contributed by atoms with van der Waals surface area (Å²) in [6.07, 6.45) is 3.56. The molecule has 122 valence electrons. The number of hydrogen-bond donors (Lipinski definition) is 1. The van der Waals surface area contributed by atoms with E-state index in [0.717, 1.165) is 29.2 Å². The number of nitriles is 1. The van der Waals surface area contributed by atoms with Crippen LogP contribution in [0.5, 0.6) is 0 Å². The SMILES string of the molecule is N#Cc1ccc(F)cc1-c1ccc2cc(NC(=O)C3CC3)ncc2c1. The van der Waals surface area contributed by atoms with Crippen LogP contribution < -0.4 is 5.32 Å². The molecule has 0 aliphatic heterocycles. The molecule has 0 saturated heterocycles. The van der Waals surface area contributed by atoms with Gasteiger partial charge >= 0.3 is 0 Å². The quantitative estimate of drug-likeness (QED) is 0.780. The standard InChI is InChI=1S/C20H14FN3O/c21-17-6-5-15(10-22)18(9-17)14-4-3-13-8-19(23-11-16(13)7-14)24-20(25)12-1-2-12/h3-9,11-12H,1-2H2,(H,23,24,25). The van der Waals surface area contributed by atoms with Crippen molar-refractivity contribution in [2.45, 2.75) is 12.8 Å². The molecular weight excluding hydrogens is 317 g/mol. The van der Waals surface area contributed by atoms with E-state index in [0.29, 0.717) is 16.9 Å². The van der Waals surface area contributed by atoms with E-state index < -0.39 is 0 Å². The fourth-order valence-electron chi connectivity index (χ4n) is 2.80. The second kappa shape index (κ2) is 5.99. The molecule has 0 bridgehead atoms. The third-order valence-corrected chi connectivity index (χ3v) is 4.33. The highest BCUT2D eigenvalue weighted by molar-refractivity contribution is 5.96. The number of rotatable bonds is 3. The predicted molar refractivity (Wildman–Crippen MR) is 93.2 cm³/mol. The number of anilines is 1. The van der Waals surface area contributed by atoms with Gasteiger partial charge in [0, 0.05) is 23.1 Å². The number of benzene rings is 2. The number of pyridine rings is 1. The average molecular weight is 331 g/mol. The van der Waals surface area contributed by atoms with E-state index in [1.807, 2.05) is 24.3 Å². The molecule has 1 aliphatic carbocycles. The van der Waals surface area contributed by atoms with Crippen molar-refractivity contribution in [2.24, 2.45) is 5.92 Å². The summed E-state index contributed by atoms with van der Waals surface area (Å²) in [7, 11) is 0. The number of hydrogen-bond acceptors (Lipinski definition) is 3. The van der Waals surface area contributed by atoms with Crippen molar-refractivity contribution >= 4 is 22.5 Å². The first kappa shape index (κ1) is 15.3. The first-order chi connectivity index (χ1) is 12.1. The zero-order valence-electron chi connectivity index (χ0n) is 13.3. The number of carbonyl (C=O) groups is 1. The normalized spacial score (nSPS) is 13.4. The van der Waals surface area contributed by atoms with E-state index in [9.17, 15) is 14.4 Å². The second-order valence-electron chi connectivity index (χ2n) is 6.20. The Hall–Kier alpha value is -3.26. The molecule has 0 unspecified atom stereocenters. The van der Waals surface area contributed by atoms with Gasteiger partial charge in [0.2, 0.25) is 5.91 Å². The van der Waals surface area contributed by atoms with Crippen LogP contribution in [0, 0.1) is 23.1 Å². The van der Waals surface area contributed by atoms with E-state index in [2.05, 4.69) is 16.4 Å². The summed E-state index contributed by atoms with van der Waals surface area (Å²) in [5, 5.41) is 13.8. The minimum absolute atomic E-state index is 0.0156. The van der Waals surface area contributed by atoms with Crippen molar-refractivity contribution in [3.8, 4) is 17.2 Å². The molecule has 0 spiro atoms. The van der Waals surface area contributed by atoms with Gasteiger partial charge in [-0.25, -0.2) is 9.37 Å². The Morgan fingerprint density at radius 2 is 2.00 bits per heavy atom. The Labute approximate surface area is 143 Å². The van der Waals surface area contributed by atoms with Crippen LogP contribution in [-0.2, 0) is 4.79 Å². The van der Waals surface area contributed by atoms with Crippen molar-refractivity contribution in [2.75, 3.05) is 5.32 Å². The molecule has 1 fully saturated rings. The van der Waals surface area contributed by atoms with E-state index in [1.54, 1.807) is 6.20 Å². The summed E-state index contributed by atoms with van der Waals surface area (Å²) in [6.45, 7) is 0. The van der Waals surface area contributed by atoms with Crippen LogP contribution in [0.3, 0.4) is 0 Å². The lowest BCUT2D eigenvalue weighted by atomic mass is 9.98. The van der Waals surface area contributed by atoms with Gasteiger partial charge in [0.15, 0.2) is 0 Å². The van der Waals surface area contributed by atoms with Crippen LogP contribution in [0.15, 0.2) is 48.7 Å². The van der Waals surface area contributed by atoms with Crippen molar-refractivity contribution in [1.29, 1.82) is 5.26 Å². The van der Waals surface area contributed by atoms with E-state index in [-0.39, 0.29) is 17.6 Å². The fraction of sp³-hybridized carbons (Fsp3) is 0.150. The summed E-state index contributed by atoms with van der Waals surface area (Å²) in [5.41, 5.74) is 1.72. The van der Waals surface area contributed by atoms with Gasteiger partial charge in [-0.05, 0) is 54.1 Å². The van der Waals surface area contributed by atoms with Gasteiger partial charge in [0.05, 0.1) is 11.6 Å². The van der Waals surface area contributed by atoms with Crippen LogP contribution >= 0.6 is 0 Å². The second-order valence-corrected chi connectivity index (χ2v) is 6.20. The number of nitrogens with zero attached hydrogens (tertiary/aromatic N) is 2. The van der Waals surface area contributed by atoms with E-state index in [4.69, 9.17) is 0 Å². The maximum Gasteiger partial charge on any atom is 0.228 e. The van der Waals surface area contributed by atoms with Gasteiger partial charge in [-0.15, -0.1) is 0 Å². The molecule has 1 heterocycles. The highest BCUT2D eigenvalue weighted by Gasteiger charge is 2.29. The van der Waals surface area contributed by atoms with Crippen LogP contribution in [0.2, 0.25) is 0 Å². The molecule has 4 rings (SSSR count). The molecule has 0 radical (unpaired) electrons. The average Bonchev–Trinajstić information content (AvgIpc) is 3.46. The van der Waals surface area contributed by atoms with Gasteiger partial charge < -0.3 is 5.32 Å². The third kappa shape index (κ3) is 3.07. The maximum atomic E-state index is 13.6. The Bertz CT molecular complexity index is 1030. The maximum absolute atomic E-state index is 13.6. The number of aromatic nitrogens is 1. The van der Waals surface area contributed by atoms with Crippen LogP contribution in [0.25, 0.3) is 21.9 Å². The predicted octanol–water partition coefficient (Wildman–Crippen LogP) is 4.26. The van der Waals surface area contributed by atoms with Crippen molar-refractivity contribution in [3.63, 3.8) is 0 Å². The van der Waals surface area contributed by atoms with Gasteiger partial charge in [-0.1, -0.05) is 12.1 Å². The van der Waals surface area contributed by atoms with E-state index >= 15 is 0 Å². The number of nitrogens with one attached hydrogen (secondary N) is 1. The Balaban J connectivity index is 1.70. The molecule has 0 atom stereocenters. The first-order valence-corrected chi connectivity index (χ1v) is 8.05. The molecule has 1 N–H and O–H groups in total. The summed E-state index contributed by atoms with van der Waals surface area (Å²) < 4.78 is 13.6. The number of amides is 1. The molecule has 5 heteroatoms. The largest absolute Gasteiger partial charge is 0.310 e. The first-order valence-electron chi connectivity index (χ1n) is 8.05. The van der Waals surface area contributed by atoms with Crippen LogP contribution in [0.4, 0.5) is 10.2 Å². The molecule has 25 heavy (non-hydrogen) atoms. The lowest BCUT2D eigenvalue weighted by Gasteiger charge is -2.08. The molecule has 1 aromatic heterocycles. The van der Waals surface area contributed by atoms with E-state index in [1.165, 1.54) is 18.2 Å². The van der Waals surface area contributed by atoms with Crippen molar-refractivity contribution < 1.29 is 9.18 Å². The van der Waals surface area contributed by atoms with Crippen LogP contribution in [-0.4, -0.2) is 10.9 Å². The molecule has 3 aromatic rings. The molecule has 1 aliphatic rings. The summed E-state index contributed by atoms with van der Waals surface area (Å²) in [6, 6.07) is 13.6. The minimum atomic E-state index is -0.384. The fourth-order valence-corrected chi connectivity index (χ4v) is 2.80. The molecule has 4 nitrogen and oxygen atoms in total. The number of carbonyl (C=O) groups excluding carboxylic acids is 1. The monoisotopic (exact) mass is 331 g/mol. The molecule has 1 amide bonds. The molecule has 2 aromatic carbocycles. The van der Waals surface area contributed by atoms with Gasteiger partial charge in [0.1, 0.15) is 11.6 Å². The highest BCUT2D eigenvalue weighted by Crippen LogP contribution is 2.31. The molecule has 1 saturated carbocycles. The third-order valence-electron chi connectivity index (χ3n) is 4.33. The van der Waals surface area contributed by atoms with Gasteiger partial charge in [-0.3, -0.25) is 4.79 Å². The Morgan fingerprint density at radius 1 is 1.16 bits per heavy atom. The van der Waals surface area contributed by atoms with Crippen LogP contribution in [0.1, 0.15) is 18.4 Å². The summed E-state index contributed by atoms with van der Waals surface area (Å²) in [5.74, 6) is 0.283. The Kier molecular flexibility index (Phi) is 3.66. The molecular formula is C20H14FN3O. The van der Waals surface area contributed by atoms with Gasteiger partial charge in [-0.2, -0.15) is 5.26 Å². The zero-order chi connectivity index (χ0) is 17.4. The summed E-state index contributed by atoms with van der Waals surface area (Å²) >= 11 is 0. The summed E-state index contributed by atoms with van der Waals surface area (Å²) in [4.78, 5) is 16.1. The lowest BCUT2D eigenvalue weighted by molar-refractivity contribution is -0.117. The zero-order valence-corrected chi connectivity index (χ0v) is 13.3. The number of fused-ring (bicyclic) bond motifs is 1. The van der Waals surface area contributed by atoms with Crippen molar-refractivity contribution in [1.82, 2.24) is 4.98 Å². The highest BCUT2D eigenvalue weighted by atomic mass is 19.1. The topological polar surface area (TPSA) is 65.8 Å². The Morgan fingerprint density at radius 3 is 2.76 bits per heavy atom. The lowest BCUT2D eigenvalue weighted by Crippen LogP contribution is -2.14.